The molecule has 5 heteroatoms. The average molecular weight is 316 g/mol. The van der Waals surface area contributed by atoms with Crippen molar-refractivity contribution in [3.8, 4) is 11.8 Å². The summed E-state index contributed by atoms with van der Waals surface area (Å²) in [5.74, 6) is -0.201. The van der Waals surface area contributed by atoms with Crippen LogP contribution < -0.4 is 5.32 Å². The number of carbonyl (C=O) groups is 1. The van der Waals surface area contributed by atoms with Crippen molar-refractivity contribution in [1.29, 1.82) is 5.26 Å². The van der Waals surface area contributed by atoms with E-state index < -0.39 is 0 Å². The lowest BCUT2D eigenvalue weighted by Gasteiger charge is -2.16. The Morgan fingerprint density at radius 2 is 2.08 bits per heavy atom. The zero-order chi connectivity index (χ0) is 16.9. The molecule has 1 heterocycles. The normalized spacial score (nSPS) is 11.5. The van der Waals surface area contributed by atoms with Crippen LogP contribution in [-0.4, -0.2) is 15.5 Å². The molecule has 3 aromatic rings. The lowest BCUT2D eigenvalue weighted by atomic mass is 10.1. The molecule has 1 amide bonds. The van der Waals surface area contributed by atoms with E-state index in [9.17, 15) is 4.79 Å². The monoisotopic (exact) mass is 316 g/mol. The van der Waals surface area contributed by atoms with Gasteiger partial charge < -0.3 is 9.88 Å². The Hall–Kier alpha value is -3.39. The Morgan fingerprint density at radius 1 is 1.25 bits per heavy atom. The number of nitrogens with one attached hydrogen (secondary N) is 1. The van der Waals surface area contributed by atoms with E-state index in [2.05, 4.69) is 10.3 Å². The molecule has 0 radical (unpaired) electrons. The summed E-state index contributed by atoms with van der Waals surface area (Å²) in [6.45, 7) is 1.93. The van der Waals surface area contributed by atoms with Gasteiger partial charge in [0, 0.05) is 23.6 Å². The van der Waals surface area contributed by atoms with Crippen LogP contribution in [0.25, 0.3) is 5.69 Å². The number of nitriles is 1. The van der Waals surface area contributed by atoms with Crippen LogP contribution in [0.2, 0.25) is 0 Å². The van der Waals surface area contributed by atoms with Gasteiger partial charge in [-0.25, -0.2) is 4.98 Å². The molecule has 1 N–H and O–H groups in total. The standard InChI is InChI=1S/C19H16N4O/c1-14(22-19(24)17-6-2-4-15(10-17)12-20)16-5-3-7-18(11-16)23-9-8-21-13-23/h2-11,13-14H,1H3,(H,22,24)/t14-/m1/s1. The van der Waals surface area contributed by atoms with Crippen LogP contribution in [0.3, 0.4) is 0 Å². The van der Waals surface area contributed by atoms with Crippen LogP contribution >= 0.6 is 0 Å². The van der Waals surface area contributed by atoms with Gasteiger partial charge in [0.1, 0.15) is 0 Å². The molecule has 0 aliphatic rings. The first-order chi connectivity index (χ1) is 11.7. The maximum Gasteiger partial charge on any atom is 0.251 e. The third kappa shape index (κ3) is 3.33. The van der Waals surface area contributed by atoms with Crippen molar-refractivity contribution in [2.45, 2.75) is 13.0 Å². The Kier molecular flexibility index (Phi) is 4.39. The lowest BCUT2D eigenvalue weighted by Crippen LogP contribution is -2.26. The van der Waals surface area contributed by atoms with Crippen molar-refractivity contribution in [1.82, 2.24) is 14.9 Å². The van der Waals surface area contributed by atoms with Crippen molar-refractivity contribution in [2.24, 2.45) is 0 Å². The lowest BCUT2D eigenvalue weighted by molar-refractivity contribution is 0.0940. The minimum absolute atomic E-state index is 0.160. The number of hydrogen-bond acceptors (Lipinski definition) is 3. The fraction of sp³-hybridized carbons (Fsp3) is 0.105. The summed E-state index contributed by atoms with van der Waals surface area (Å²) in [5, 5.41) is 11.9. The Labute approximate surface area is 140 Å². The molecule has 0 bridgehead atoms. The van der Waals surface area contributed by atoms with Crippen molar-refractivity contribution in [3.63, 3.8) is 0 Å². The molecule has 0 unspecified atom stereocenters. The third-order valence-electron chi connectivity index (χ3n) is 3.77. The molecular formula is C19H16N4O. The molecule has 3 rings (SSSR count). The second-order valence-corrected chi connectivity index (χ2v) is 5.45. The number of nitrogens with zero attached hydrogens (tertiary/aromatic N) is 3. The zero-order valence-corrected chi connectivity index (χ0v) is 13.2. The highest BCUT2D eigenvalue weighted by Gasteiger charge is 2.12. The molecule has 24 heavy (non-hydrogen) atoms. The highest BCUT2D eigenvalue weighted by molar-refractivity contribution is 5.94. The van der Waals surface area contributed by atoms with Gasteiger partial charge in [0.2, 0.25) is 0 Å². The molecule has 1 aromatic heterocycles. The van der Waals surface area contributed by atoms with E-state index >= 15 is 0 Å². The van der Waals surface area contributed by atoms with Crippen molar-refractivity contribution in [3.05, 3.63) is 83.9 Å². The second-order valence-electron chi connectivity index (χ2n) is 5.45. The second kappa shape index (κ2) is 6.80. The maximum absolute atomic E-state index is 12.4. The van der Waals surface area contributed by atoms with E-state index in [-0.39, 0.29) is 11.9 Å². The largest absolute Gasteiger partial charge is 0.346 e. The topological polar surface area (TPSA) is 70.7 Å². The van der Waals surface area contributed by atoms with Crippen LogP contribution in [0.4, 0.5) is 0 Å². The van der Waals surface area contributed by atoms with E-state index in [4.69, 9.17) is 5.26 Å². The first-order valence-electron chi connectivity index (χ1n) is 7.56. The highest BCUT2D eigenvalue weighted by atomic mass is 16.1. The number of hydrogen-bond donors (Lipinski definition) is 1. The fourth-order valence-electron chi connectivity index (χ4n) is 2.46. The molecular weight excluding hydrogens is 300 g/mol. The quantitative estimate of drug-likeness (QED) is 0.803. The van der Waals surface area contributed by atoms with Gasteiger partial charge in [-0.15, -0.1) is 0 Å². The van der Waals surface area contributed by atoms with Gasteiger partial charge in [-0.1, -0.05) is 18.2 Å². The van der Waals surface area contributed by atoms with Crippen LogP contribution in [0.1, 0.15) is 34.5 Å². The molecule has 2 aromatic carbocycles. The van der Waals surface area contributed by atoms with Crippen LogP contribution in [0, 0.1) is 11.3 Å². The van der Waals surface area contributed by atoms with Crippen LogP contribution in [0.15, 0.2) is 67.3 Å². The predicted molar refractivity (Wildman–Crippen MR) is 90.6 cm³/mol. The summed E-state index contributed by atoms with van der Waals surface area (Å²) >= 11 is 0. The number of benzene rings is 2. The molecule has 0 aliphatic carbocycles. The van der Waals surface area contributed by atoms with Gasteiger partial charge in [0.05, 0.1) is 24.0 Å². The molecule has 1 atom stereocenters. The van der Waals surface area contributed by atoms with Crippen LogP contribution in [-0.2, 0) is 0 Å². The highest BCUT2D eigenvalue weighted by Crippen LogP contribution is 2.17. The number of carbonyl (C=O) groups excluding carboxylic acids is 1. The Balaban J connectivity index is 1.77. The van der Waals surface area contributed by atoms with Crippen molar-refractivity contribution in [2.75, 3.05) is 0 Å². The van der Waals surface area contributed by atoms with Gasteiger partial charge in [-0.05, 0) is 42.8 Å². The molecule has 0 aliphatic heterocycles. The maximum atomic E-state index is 12.4. The fourth-order valence-corrected chi connectivity index (χ4v) is 2.46. The minimum atomic E-state index is -0.201. The minimum Gasteiger partial charge on any atom is -0.346 e. The average Bonchev–Trinajstić information content (AvgIpc) is 3.16. The van der Waals surface area contributed by atoms with E-state index in [0.29, 0.717) is 11.1 Å². The van der Waals surface area contributed by atoms with E-state index in [1.54, 1.807) is 36.8 Å². The van der Waals surface area contributed by atoms with Gasteiger partial charge in [-0.2, -0.15) is 5.26 Å². The number of amides is 1. The summed E-state index contributed by atoms with van der Waals surface area (Å²) in [6, 6.07) is 16.5. The van der Waals surface area contributed by atoms with Crippen LogP contribution in [0.5, 0.6) is 0 Å². The van der Waals surface area contributed by atoms with E-state index in [1.807, 2.05) is 48.0 Å². The molecule has 0 saturated carbocycles. The molecule has 118 valence electrons. The summed E-state index contributed by atoms with van der Waals surface area (Å²) in [6.07, 6.45) is 5.32. The predicted octanol–water partition coefficient (Wildman–Crippen LogP) is 3.23. The number of aromatic nitrogens is 2. The molecule has 0 saturated heterocycles. The van der Waals surface area contributed by atoms with Gasteiger partial charge in [0.15, 0.2) is 0 Å². The first-order valence-corrected chi connectivity index (χ1v) is 7.56. The molecule has 0 spiro atoms. The molecule has 5 nitrogen and oxygen atoms in total. The first kappa shape index (κ1) is 15.5. The van der Waals surface area contributed by atoms with Crippen molar-refractivity contribution < 1.29 is 4.79 Å². The molecule has 0 fully saturated rings. The Bertz CT molecular complexity index is 894. The Morgan fingerprint density at radius 3 is 2.83 bits per heavy atom. The van der Waals surface area contributed by atoms with Gasteiger partial charge in [0.25, 0.3) is 5.91 Å². The summed E-state index contributed by atoms with van der Waals surface area (Å²) in [7, 11) is 0. The summed E-state index contributed by atoms with van der Waals surface area (Å²) in [5.41, 5.74) is 2.92. The summed E-state index contributed by atoms with van der Waals surface area (Å²) < 4.78 is 1.91. The summed E-state index contributed by atoms with van der Waals surface area (Å²) in [4.78, 5) is 16.4. The zero-order valence-electron chi connectivity index (χ0n) is 13.2. The number of rotatable bonds is 4. The van der Waals surface area contributed by atoms with Gasteiger partial charge in [-0.3, -0.25) is 4.79 Å². The third-order valence-corrected chi connectivity index (χ3v) is 3.77. The smallest absolute Gasteiger partial charge is 0.251 e. The van der Waals surface area contributed by atoms with E-state index in [0.717, 1.165) is 11.3 Å². The number of imidazole rings is 1. The van der Waals surface area contributed by atoms with Crippen molar-refractivity contribution >= 4 is 5.91 Å². The van der Waals surface area contributed by atoms with Gasteiger partial charge >= 0.3 is 0 Å². The SMILES string of the molecule is C[C@@H](NC(=O)c1cccc(C#N)c1)c1cccc(-n2ccnc2)c1. The van der Waals surface area contributed by atoms with E-state index in [1.165, 1.54) is 0 Å².